The second-order valence-electron chi connectivity index (χ2n) is 5.21. The Labute approximate surface area is 114 Å². The first kappa shape index (κ1) is 14.4. The zero-order valence-electron chi connectivity index (χ0n) is 11.7. The minimum absolute atomic E-state index is 0.0487. The van der Waals surface area contributed by atoms with Gasteiger partial charge in [0.05, 0.1) is 6.10 Å². The highest BCUT2D eigenvalue weighted by atomic mass is 19.1. The second-order valence-corrected chi connectivity index (χ2v) is 5.21. The van der Waals surface area contributed by atoms with E-state index in [1.54, 1.807) is 13.2 Å². The van der Waals surface area contributed by atoms with E-state index in [9.17, 15) is 4.39 Å². The van der Waals surface area contributed by atoms with Crippen molar-refractivity contribution in [3.05, 3.63) is 35.6 Å². The largest absolute Gasteiger partial charge is 0.381 e. The maximum absolute atomic E-state index is 13.9. The van der Waals surface area contributed by atoms with E-state index in [1.165, 1.54) is 6.07 Å². The molecule has 1 saturated heterocycles. The van der Waals surface area contributed by atoms with Gasteiger partial charge in [-0.05, 0) is 25.8 Å². The number of piperidine rings is 1. The van der Waals surface area contributed by atoms with Crippen molar-refractivity contribution in [3.8, 4) is 0 Å². The van der Waals surface area contributed by atoms with E-state index in [1.807, 2.05) is 19.1 Å². The maximum Gasteiger partial charge on any atom is 0.127 e. The Morgan fingerprint density at radius 3 is 2.84 bits per heavy atom. The standard InChI is InChI=1S/C15H23FN2O/c1-11(14-5-3-4-6-15(14)16)18-8-7-13(19-2)9-12(18)10-17/h3-6,11-13H,7-10,17H2,1-2H3. The van der Waals surface area contributed by atoms with Gasteiger partial charge >= 0.3 is 0 Å². The summed E-state index contributed by atoms with van der Waals surface area (Å²) >= 11 is 0. The van der Waals surface area contributed by atoms with Crippen LogP contribution in [0.4, 0.5) is 4.39 Å². The van der Waals surface area contributed by atoms with Crippen LogP contribution in [-0.4, -0.2) is 37.2 Å². The number of hydrogen-bond acceptors (Lipinski definition) is 3. The van der Waals surface area contributed by atoms with E-state index < -0.39 is 0 Å². The molecule has 2 N–H and O–H groups in total. The summed E-state index contributed by atoms with van der Waals surface area (Å²) in [5.74, 6) is -0.139. The van der Waals surface area contributed by atoms with Gasteiger partial charge in [0.15, 0.2) is 0 Å². The van der Waals surface area contributed by atoms with Crippen molar-refractivity contribution < 1.29 is 9.13 Å². The van der Waals surface area contributed by atoms with Gasteiger partial charge in [-0.3, -0.25) is 4.90 Å². The summed E-state index contributed by atoms with van der Waals surface area (Å²) in [6.07, 6.45) is 2.18. The normalized spacial score (nSPS) is 26.3. The predicted octanol–water partition coefficient (Wildman–Crippen LogP) is 2.32. The Morgan fingerprint density at radius 1 is 1.47 bits per heavy atom. The fraction of sp³-hybridized carbons (Fsp3) is 0.600. The molecule has 0 aliphatic carbocycles. The summed E-state index contributed by atoms with van der Waals surface area (Å²) in [7, 11) is 1.74. The average molecular weight is 266 g/mol. The van der Waals surface area contributed by atoms with Gasteiger partial charge in [-0.1, -0.05) is 18.2 Å². The van der Waals surface area contributed by atoms with Crippen LogP contribution in [0, 0.1) is 5.82 Å². The van der Waals surface area contributed by atoms with Gasteiger partial charge in [0.2, 0.25) is 0 Å². The van der Waals surface area contributed by atoms with E-state index in [0.29, 0.717) is 6.54 Å². The lowest BCUT2D eigenvalue weighted by Crippen LogP contribution is -2.49. The third-order valence-corrected chi connectivity index (χ3v) is 4.17. The number of hydrogen-bond donors (Lipinski definition) is 1. The monoisotopic (exact) mass is 266 g/mol. The summed E-state index contributed by atoms with van der Waals surface area (Å²) in [5, 5.41) is 0. The minimum Gasteiger partial charge on any atom is -0.381 e. The van der Waals surface area contributed by atoms with E-state index in [-0.39, 0.29) is 24.0 Å². The highest BCUT2D eigenvalue weighted by Crippen LogP contribution is 2.30. The first-order valence-corrected chi connectivity index (χ1v) is 6.90. The third-order valence-electron chi connectivity index (χ3n) is 4.17. The van der Waals surface area contributed by atoms with Crippen LogP contribution in [0.25, 0.3) is 0 Å². The Balaban J connectivity index is 2.14. The number of benzene rings is 1. The number of nitrogens with two attached hydrogens (primary N) is 1. The molecule has 3 unspecified atom stereocenters. The fourth-order valence-electron chi connectivity index (χ4n) is 2.98. The molecule has 0 radical (unpaired) electrons. The Hall–Kier alpha value is -0.970. The zero-order chi connectivity index (χ0) is 13.8. The molecule has 0 aromatic heterocycles. The van der Waals surface area contributed by atoms with Gasteiger partial charge in [0.25, 0.3) is 0 Å². The Bertz CT molecular complexity index is 413. The maximum atomic E-state index is 13.9. The molecule has 3 nitrogen and oxygen atoms in total. The van der Waals surface area contributed by atoms with Crippen molar-refractivity contribution in [1.82, 2.24) is 4.90 Å². The molecule has 1 fully saturated rings. The number of nitrogens with zero attached hydrogens (tertiary/aromatic N) is 1. The van der Waals surface area contributed by atoms with Gasteiger partial charge in [-0.2, -0.15) is 0 Å². The smallest absolute Gasteiger partial charge is 0.127 e. The van der Waals surface area contributed by atoms with Crippen molar-refractivity contribution in [1.29, 1.82) is 0 Å². The van der Waals surface area contributed by atoms with Gasteiger partial charge in [-0.15, -0.1) is 0 Å². The average Bonchev–Trinajstić information content (AvgIpc) is 2.46. The second kappa shape index (κ2) is 6.46. The quantitative estimate of drug-likeness (QED) is 0.909. The fourth-order valence-corrected chi connectivity index (χ4v) is 2.98. The molecule has 3 atom stereocenters. The molecule has 4 heteroatoms. The summed E-state index contributed by atoms with van der Waals surface area (Å²) in [4.78, 5) is 2.30. The lowest BCUT2D eigenvalue weighted by molar-refractivity contribution is -0.00215. The highest BCUT2D eigenvalue weighted by Gasteiger charge is 2.31. The Morgan fingerprint density at radius 2 is 2.21 bits per heavy atom. The van der Waals surface area contributed by atoms with Crippen molar-refractivity contribution >= 4 is 0 Å². The first-order valence-electron chi connectivity index (χ1n) is 6.90. The molecule has 0 bridgehead atoms. The highest BCUT2D eigenvalue weighted by molar-refractivity contribution is 5.21. The van der Waals surface area contributed by atoms with Gasteiger partial charge in [-0.25, -0.2) is 4.39 Å². The summed E-state index contributed by atoms with van der Waals surface area (Å²) in [6.45, 7) is 3.53. The van der Waals surface area contributed by atoms with Gasteiger partial charge in [0, 0.05) is 37.8 Å². The van der Waals surface area contributed by atoms with Gasteiger partial charge < -0.3 is 10.5 Å². The van der Waals surface area contributed by atoms with Crippen molar-refractivity contribution in [2.75, 3.05) is 20.2 Å². The van der Waals surface area contributed by atoms with E-state index in [0.717, 1.165) is 24.9 Å². The third kappa shape index (κ3) is 3.14. The molecule has 0 saturated carbocycles. The van der Waals surface area contributed by atoms with Crippen LogP contribution in [0.1, 0.15) is 31.4 Å². The van der Waals surface area contributed by atoms with E-state index >= 15 is 0 Å². The molecule has 0 amide bonds. The van der Waals surface area contributed by atoms with E-state index in [4.69, 9.17) is 10.5 Å². The summed E-state index contributed by atoms with van der Waals surface area (Å²) in [5.41, 5.74) is 6.62. The molecule has 19 heavy (non-hydrogen) atoms. The lowest BCUT2D eigenvalue weighted by Gasteiger charge is -2.42. The molecule has 0 spiro atoms. The van der Waals surface area contributed by atoms with Crippen LogP contribution in [0.15, 0.2) is 24.3 Å². The molecule has 1 aliphatic heterocycles. The topological polar surface area (TPSA) is 38.5 Å². The van der Waals surface area contributed by atoms with Crippen LogP contribution >= 0.6 is 0 Å². The number of ether oxygens (including phenoxy) is 1. The summed E-state index contributed by atoms with van der Waals surface area (Å²) < 4.78 is 19.3. The van der Waals surface area contributed by atoms with E-state index in [2.05, 4.69) is 4.90 Å². The molecule has 1 aliphatic rings. The first-order chi connectivity index (χ1) is 9.17. The molecule has 1 aromatic rings. The van der Waals surface area contributed by atoms with Crippen LogP contribution in [0.5, 0.6) is 0 Å². The Kier molecular flexibility index (Phi) is 4.91. The van der Waals surface area contributed by atoms with Crippen molar-refractivity contribution in [3.63, 3.8) is 0 Å². The van der Waals surface area contributed by atoms with Crippen LogP contribution in [0.2, 0.25) is 0 Å². The van der Waals surface area contributed by atoms with Gasteiger partial charge in [0.1, 0.15) is 5.82 Å². The molecule has 2 rings (SSSR count). The molecule has 1 heterocycles. The minimum atomic E-state index is -0.139. The van der Waals surface area contributed by atoms with Crippen molar-refractivity contribution in [2.24, 2.45) is 5.73 Å². The van der Waals surface area contributed by atoms with Crippen LogP contribution in [0.3, 0.4) is 0 Å². The molecular formula is C15H23FN2O. The SMILES string of the molecule is COC1CCN(C(C)c2ccccc2F)C(CN)C1. The van der Waals surface area contributed by atoms with Crippen molar-refractivity contribution in [2.45, 2.75) is 38.0 Å². The number of methoxy groups -OCH3 is 1. The zero-order valence-corrected chi connectivity index (χ0v) is 11.7. The van der Waals surface area contributed by atoms with Crippen LogP contribution < -0.4 is 5.73 Å². The molecule has 106 valence electrons. The molecule has 1 aromatic carbocycles. The lowest BCUT2D eigenvalue weighted by atomic mass is 9.95. The summed E-state index contributed by atoms with van der Waals surface area (Å²) in [6, 6.07) is 7.29. The predicted molar refractivity (Wildman–Crippen MR) is 74.4 cm³/mol. The number of rotatable bonds is 4. The van der Waals surface area contributed by atoms with Crippen LogP contribution in [-0.2, 0) is 4.74 Å². The molecular weight excluding hydrogens is 243 g/mol. The number of halogens is 1. The number of likely N-dealkylation sites (tertiary alicyclic amines) is 1.